The molecule has 0 aliphatic carbocycles. The number of allylic oxidation sites excluding steroid dienone is 3. The number of hydrogen-bond donors (Lipinski definition) is 0. The van der Waals surface area contributed by atoms with Crippen molar-refractivity contribution in [3.8, 4) is 0 Å². The van der Waals surface area contributed by atoms with Crippen molar-refractivity contribution in [2.24, 2.45) is 0 Å². The lowest BCUT2D eigenvalue weighted by molar-refractivity contribution is 0.267. The van der Waals surface area contributed by atoms with Crippen molar-refractivity contribution in [3.63, 3.8) is 0 Å². The number of hydrogen-bond acceptors (Lipinski definition) is 1. The quantitative estimate of drug-likeness (QED) is 0.517. The summed E-state index contributed by atoms with van der Waals surface area (Å²) in [5.41, 5.74) is 1.17. The molecule has 0 N–H and O–H groups in total. The zero-order valence-electron chi connectivity index (χ0n) is 5.39. The fourth-order valence-electron chi connectivity index (χ4n) is 0.835. The van der Waals surface area contributed by atoms with Crippen molar-refractivity contribution >= 4 is 0 Å². The van der Waals surface area contributed by atoms with Crippen molar-refractivity contribution in [1.82, 2.24) is 0 Å². The fourth-order valence-corrected chi connectivity index (χ4v) is 0.835. The van der Waals surface area contributed by atoms with Crippen LogP contribution in [-0.4, -0.2) is 6.61 Å². The first kappa shape index (κ1) is 6.14. The molecule has 1 heterocycles. The van der Waals surface area contributed by atoms with Crippen LogP contribution in [0.5, 0.6) is 0 Å². The Labute approximate surface area is 55.3 Å². The molecule has 0 amide bonds. The average molecular weight is 122 g/mol. The first-order valence-corrected chi connectivity index (χ1v) is 2.98. The Hall–Kier alpha value is -0.980. The predicted molar refractivity (Wildman–Crippen MR) is 38.0 cm³/mol. The topological polar surface area (TPSA) is 9.23 Å². The molecule has 9 heavy (non-hydrogen) atoms. The van der Waals surface area contributed by atoms with E-state index < -0.39 is 0 Å². The maximum atomic E-state index is 5.11. The van der Waals surface area contributed by atoms with Crippen molar-refractivity contribution in [3.05, 3.63) is 36.6 Å². The molecule has 0 spiro atoms. The molecule has 48 valence electrons. The largest absolute Gasteiger partial charge is 0.494 e. The highest BCUT2D eigenvalue weighted by Crippen LogP contribution is 2.21. The molecule has 1 rings (SSSR count). The summed E-state index contributed by atoms with van der Waals surface area (Å²) in [6, 6.07) is 0. The van der Waals surface area contributed by atoms with Gasteiger partial charge in [0.1, 0.15) is 5.76 Å². The van der Waals surface area contributed by atoms with Crippen molar-refractivity contribution < 1.29 is 4.74 Å². The summed E-state index contributed by atoms with van der Waals surface area (Å²) >= 11 is 0. The van der Waals surface area contributed by atoms with Gasteiger partial charge >= 0.3 is 0 Å². The van der Waals surface area contributed by atoms with Gasteiger partial charge in [0.15, 0.2) is 0 Å². The molecular weight excluding hydrogens is 112 g/mol. The molecule has 0 atom stereocenters. The summed E-state index contributed by atoms with van der Waals surface area (Å²) in [7, 11) is 0. The molecule has 0 radical (unpaired) electrons. The van der Waals surface area contributed by atoms with Gasteiger partial charge in [0.2, 0.25) is 0 Å². The molecule has 0 unspecified atom stereocenters. The predicted octanol–water partition coefficient (Wildman–Crippen LogP) is 2.03. The molecule has 1 saturated heterocycles. The van der Waals surface area contributed by atoms with Crippen LogP contribution in [-0.2, 0) is 4.74 Å². The fraction of sp³-hybridized carbons (Fsp3) is 0.250. The Morgan fingerprint density at radius 2 is 2.33 bits per heavy atom. The van der Waals surface area contributed by atoms with Crippen LogP contribution in [0, 0.1) is 0 Å². The first-order valence-electron chi connectivity index (χ1n) is 2.98. The zero-order chi connectivity index (χ0) is 6.69. The van der Waals surface area contributed by atoms with E-state index in [2.05, 4.69) is 13.2 Å². The zero-order valence-corrected chi connectivity index (χ0v) is 5.39. The Morgan fingerprint density at radius 3 is 2.78 bits per heavy atom. The van der Waals surface area contributed by atoms with Crippen LogP contribution >= 0.6 is 0 Å². The Balaban J connectivity index is 2.69. The van der Waals surface area contributed by atoms with Gasteiger partial charge in [-0.25, -0.2) is 0 Å². The first-order chi connectivity index (χ1) is 4.34. The Bertz CT molecular complexity index is 165. The Kier molecular flexibility index (Phi) is 1.73. The molecular formula is C8H10O. The third-order valence-corrected chi connectivity index (χ3v) is 1.32. The highest BCUT2D eigenvalue weighted by molar-refractivity contribution is 5.29. The molecule has 1 heteroatoms. The van der Waals surface area contributed by atoms with Crippen LogP contribution in [0.2, 0.25) is 0 Å². The van der Waals surface area contributed by atoms with Crippen LogP contribution in [0.4, 0.5) is 0 Å². The van der Waals surface area contributed by atoms with Crippen molar-refractivity contribution in [2.45, 2.75) is 6.42 Å². The lowest BCUT2D eigenvalue weighted by Crippen LogP contribution is -1.74. The summed E-state index contributed by atoms with van der Waals surface area (Å²) < 4.78 is 5.11. The van der Waals surface area contributed by atoms with E-state index in [1.165, 1.54) is 5.57 Å². The standard InChI is InChI=1S/C8H10O/c1-3-4-8-5-6-9-7(8)2/h3-4H,1-2,5-6H2/b8-4-. The summed E-state index contributed by atoms with van der Waals surface area (Å²) in [6.07, 6.45) is 4.68. The van der Waals surface area contributed by atoms with E-state index in [0.717, 1.165) is 18.8 Å². The summed E-state index contributed by atoms with van der Waals surface area (Å²) in [6.45, 7) is 8.08. The van der Waals surface area contributed by atoms with Gasteiger partial charge in [-0.2, -0.15) is 0 Å². The third-order valence-electron chi connectivity index (χ3n) is 1.32. The second kappa shape index (κ2) is 2.53. The minimum Gasteiger partial charge on any atom is -0.494 e. The molecule has 1 fully saturated rings. The maximum absolute atomic E-state index is 5.11. The van der Waals surface area contributed by atoms with Gasteiger partial charge in [0.25, 0.3) is 0 Å². The summed E-state index contributed by atoms with van der Waals surface area (Å²) in [4.78, 5) is 0. The van der Waals surface area contributed by atoms with Crippen LogP contribution in [0.1, 0.15) is 6.42 Å². The van der Waals surface area contributed by atoms with Gasteiger partial charge in [0.05, 0.1) is 6.61 Å². The van der Waals surface area contributed by atoms with Gasteiger partial charge in [-0.15, -0.1) is 0 Å². The summed E-state index contributed by atoms with van der Waals surface area (Å²) in [5.74, 6) is 0.801. The lowest BCUT2D eigenvalue weighted by Gasteiger charge is -1.92. The lowest BCUT2D eigenvalue weighted by atomic mass is 10.2. The smallest absolute Gasteiger partial charge is 0.115 e. The highest BCUT2D eigenvalue weighted by Gasteiger charge is 2.10. The second-order valence-corrected chi connectivity index (χ2v) is 1.95. The minimum absolute atomic E-state index is 0.776. The monoisotopic (exact) mass is 122 g/mol. The van der Waals surface area contributed by atoms with E-state index in [-0.39, 0.29) is 0 Å². The van der Waals surface area contributed by atoms with Crippen LogP contribution in [0.3, 0.4) is 0 Å². The van der Waals surface area contributed by atoms with E-state index in [1.807, 2.05) is 6.08 Å². The van der Waals surface area contributed by atoms with Gasteiger partial charge in [-0.3, -0.25) is 0 Å². The van der Waals surface area contributed by atoms with Crippen molar-refractivity contribution in [1.29, 1.82) is 0 Å². The number of rotatable bonds is 1. The second-order valence-electron chi connectivity index (χ2n) is 1.95. The highest BCUT2D eigenvalue weighted by atomic mass is 16.5. The van der Waals surface area contributed by atoms with Gasteiger partial charge in [-0.05, 0) is 5.57 Å². The van der Waals surface area contributed by atoms with Crippen molar-refractivity contribution in [2.75, 3.05) is 6.61 Å². The van der Waals surface area contributed by atoms with Crippen LogP contribution < -0.4 is 0 Å². The van der Waals surface area contributed by atoms with Crippen LogP contribution in [0.15, 0.2) is 36.6 Å². The molecule has 0 bridgehead atoms. The molecule has 0 aromatic rings. The minimum atomic E-state index is 0.776. The third kappa shape index (κ3) is 1.22. The van der Waals surface area contributed by atoms with E-state index >= 15 is 0 Å². The molecule has 1 nitrogen and oxygen atoms in total. The normalized spacial score (nSPS) is 22.2. The van der Waals surface area contributed by atoms with Crippen LogP contribution in [0.25, 0.3) is 0 Å². The number of ether oxygens (including phenoxy) is 1. The van der Waals surface area contributed by atoms with Gasteiger partial charge < -0.3 is 4.74 Å². The average Bonchev–Trinajstić information content (AvgIpc) is 2.18. The van der Waals surface area contributed by atoms with E-state index in [4.69, 9.17) is 4.74 Å². The van der Waals surface area contributed by atoms with Gasteiger partial charge in [-0.1, -0.05) is 25.3 Å². The summed E-state index contributed by atoms with van der Waals surface area (Å²) in [5, 5.41) is 0. The molecule has 1 aliphatic heterocycles. The molecule has 0 aromatic heterocycles. The van der Waals surface area contributed by atoms with E-state index in [1.54, 1.807) is 6.08 Å². The van der Waals surface area contributed by atoms with Gasteiger partial charge in [0, 0.05) is 6.42 Å². The van der Waals surface area contributed by atoms with E-state index in [0.29, 0.717) is 0 Å². The molecule has 0 saturated carbocycles. The maximum Gasteiger partial charge on any atom is 0.115 e. The molecule has 0 aromatic carbocycles. The Morgan fingerprint density at radius 1 is 1.56 bits per heavy atom. The van der Waals surface area contributed by atoms with E-state index in [9.17, 15) is 0 Å². The SMILES string of the molecule is C=C/C=C1/CCOC1=C. The molecule has 1 aliphatic rings.